The van der Waals surface area contributed by atoms with Gasteiger partial charge in [-0.2, -0.15) is 0 Å². The minimum absolute atomic E-state index is 0.791. The van der Waals surface area contributed by atoms with Crippen LogP contribution in [-0.4, -0.2) is 13.2 Å². The fourth-order valence-corrected chi connectivity index (χ4v) is 7.44. The summed E-state index contributed by atoms with van der Waals surface area (Å²) in [5, 5.41) is 4.77. The molecule has 0 aliphatic carbocycles. The lowest BCUT2D eigenvalue weighted by molar-refractivity contribution is 0.640. The minimum Gasteiger partial charge on any atom is -0.453 e. The van der Waals surface area contributed by atoms with Crippen molar-refractivity contribution in [3.8, 4) is 0 Å². The number of hydrogen-bond donors (Lipinski definition) is 0. The number of hydrogen-bond acceptors (Lipinski definition) is 2. The Morgan fingerprint density at radius 1 is 0.366 bits per heavy atom. The number of aromatic nitrogens is 3. The lowest BCUT2D eigenvalue weighted by Crippen LogP contribution is -1.98. The third-order valence-electron chi connectivity index (χ3n) is 8.97. The van der Waals surface area contributed by atoms with E-state index in [1.165, 1.54) is 32.8 Å². The Bertz CT molecular complexity index is 2910. The molecule has 0 spiro atoms. The van der Waals surface area contributed by atoms with Crippen molar-refractivity contribution in [1.29, 1.82) is 0 Å². The smallest absolute Gasteiger partial charge is 0.165 e. The molecule has 5 heterocycles. The third-order valence-corrected chi connectivity index (χ3v) is 8.97. The van der Waals surface area contributed by atoms with E-state index in [-0.39, 0.29) is 0 Å². The van der Waals surface area contributed by atoms with Crippen molar-refractivity contribution >= 4 is 93.5 Å². The molecule has 6 aromatic carbocycles. The second kappa shape index (κ2) is 6.72. The zero-order valence-corrected chi connectivity index (χ0v) is 21.6. The van der Waals surface area contributed by atoms with E-state index in [0.717, 1.165) is 60.7 Å². The van der Waals surface area contributed by atoms with Crippen molar-refractivity contribution in [3.05, 3.63) is 115 Å². The van der Waals surface area contributed by atoms with Crippen molar-refractivity contribution in [2.24, 2.45) is 0 Å². The molecule has 41 heavy (non-hydrogen) atoms. The maximum absolute atomic E-state index is 6.84. The van der Waals surface area contributed by atoms with E-state index in [1.807, 2.05) is 18.2 Å². The third kappa shape index (κ3) is 2.21. The Balaban J connectivity index is 1.52. The first-order valence-electron chi connectivity index (χ1n) is 13.9. The second-order valence-electron chi connectivity index (χ2n) is 11.0. The fraction of sp³-hybridized carbons (Fsp3) is 0. The van der Waals surface area contributed by atoms with Crippen LogP contribution in [0.1, 0.15) is 0 Å². The minimum atomic E-state index is 0.791. The number of benzene rings is 6. The van der Waals surface area contributed by atoms with E-state index in [0.29, 0.717) is 0 Å². The van der Waals surface area contributed by atoms with Gasteiger partial charge in [-0.3, -0.25) is 4.40 Å². The normalized spacial score (nSPS) is 12.9. The molecule has 5 nitrogen and oxygen atoms in total. The molecule has 11 aromatic rings. The van der Waals surface area contributed by atoms with E-state index in [4.69, 9.17) is 8.83 Å². The van der Waals surface area contributed by atoms with Gasteiger partial charge in [0.1, 0.15) is 5.52 Å². The van der Waals surface area contributed by atoms with E-state index in [9.17, 15) is 0 Å². The molecule has 0 atom stereocenters. The molecule has 11 rings (SSSR count). The van der Waals surface area contributed by atoms with Gasteiger partial charge < -0.3 is 17.6 Å². The Morgan fingerprint density at radius 2 is 0.902 bits per heavy atom. The maximum atomic E-state index is 6.84. The van der Waals surface area contributed by atoms with Gasteiger partial charge in [-0.15, -0.1) is 0 Å². The average molecular weight is 526 g/mol. The number of para-hydroxylation sites is 7. The van der Waals surface area contributed by atoms with Gasteiger partial charge in [0.2, 0.25) is 0 Å². The molecular formula is C36H19N3O2. The molecule has 0 bridgehead atoms. The van der Waals surface area contributed by atoms with Crippen molar-refractivity contribution in [1.82, 2.24) is 13.2 Å². The summed E-state index contributed by atoms with van der Waals surface area (Å²) >= 11 is 0. The molecule has 0 unspecified atom stereocenters. The largest absolute Gasteiger partial charge is 0.453 e. The molecule has 0 amide bonds. The van der Waals surface area contributed by atoms with Crippen LogP contribution >= 0.6 is 0 Å². The van der Waals surface area contributed by atoms with Gasteiger partial charge in [0.25, 0.3) is 0 Å². The van der Waals surface area contributed by atoms with Crippen LogP contribution in [0.3, 0.4) is 0 Å². The quantitative estimate of drug-likeness (QED) is 0.146. The lowest BCUT2D eigenvalue weighted by Gasteiger charge is -2.14. The SMILES string of the molecule is c1ccc2c(c1)oc1cc3c(c4cccc5c4n3c3cccc4c6ccccc6n5c43)c3oc4ccccc4n2c13. The van der Waals surface area contributed by atoms with Crippen LogP contribution in [0.2, 0.25) is 0 Å². The van der Waals surface area contributed by atoms with Gasteiger partial charge in [-0.1, -0.05) is 66.7 Å². The topological polar surface area (TPSA) is 39.5 Å². The van der Waals surface area contributed by atoms with E-state index in [2.05, 4.69) is 110 Å². The number of nitrogens with zero attached hydrogens (tertiary/aromatic N) is 3. The van der Waals surface area contributed by atoms with Crippen molar-refractivity contribution in [2.75, 3.05) is 0 Å². The summed E-state index contributed by atoms with van der Waals surface area (Å²) in [5.74, 6) is 0. The lowest BCUT2D eigenvalue weighted by atomic mass is 10.1. The Hall–Kier alpha value is -5.68. The fourth-order valence-electron chi connectivity index (χ4n) is 7.44. The van der Waals surface area contributed by atoms with Crippen LogP contribution in [0, 0.1) is 0 Å². The molecule has 0 N–H and O–H groups in total. The monoisotopic (exact) mass is 525 g/mol. The van der Waals surface area contributed by atoms with Gasteiger partial charge in [0.15, 0.2) is 22.3 Å². The zero-order valence-electron chi connectivity index (χ0n) is 21.6. The summed E-state index contributed by atoms with van der Waals surface area (Å²) in [6.07, 6.45) is 0. The molecule has 0 aliphatic heterocycles. The predicted molar refractivity (Wildman–Crippen MR) is 166 cm³/mol. The van der Waals surface area contributed by atoms with Crippen molar-refractivity contribution < 1.29 is 8.83 Å². The summed E-state index contributed by atoms with van der Waals surface area (Å²) in [5.41, 5.74) is 13.3. The van der Waals surface area contributed by atoms with Gasteiger partial charge in [-0.25, -0.2) is 0 Å². The number of rotatable bonds is 0. The summed E-state index contributed by atoms with van der Waals surface area (Å²) in [6, 6.07) is 40.7. The van der Waals surface area contributed by atoms with Crippen LogP contribution in [0.15, 0.2) is 124 Å². The Morgan fingerprint density at radius 3 is 1.68 bits per heavy atom. The van der Waals surface area contributed by atoms with Crippen LogP contribution in [-0.2, 0) is 0 Å². The van der Waals surface area contributed by atoms with Crippen LogP contribution in [0.4, 0.5) is 0 Å². The first kappa shape index (κ1) is 20.3. The highest BCUT2D eigenvalue weighted by molar-refractivity contribution is 6.27. The molecule has 0 aliphatic rings. The van der Waals surface area contributed by atoms with Crippen LogP contribution < -0.4 is 0 Å². The number of fused-ring (bicyclic) bond motifs is 13. The molecule has 0 fully saturated rings. The maximum Gasteiger partial charge on any atom is 0.165 e. The molecule has 0 saturated carbocycles. The van der Waals surface area contributed by atoms with Crippen molar-refractivity contribution in [2.45, 2.75) is 0 Å². The highest BCUT2D eigenvalue weighted by Crippen LogP contribution is 2.44. The first-order chi connectivity index (χ1) is 20.4. The molecule has 0 radical (unpaired) electrons. The first-order valence-corrected chi connectivity index (χ1v) is 13.9. The second-order valence-corrected chi connectivity index (χ2v) is 11.0. The molecule has 5 heteroatoms. The molecular weight excluding hydrogens is 506 g/mol. The predicted octanol–water partition coefficient (Wildman–Crippen LogP) is 9.70. The Labute approximate surface area is 230 Å². The van der Waals surface area contributed by atoms with Gasteiger partial charge in [0.05, 0.1) is 49.5 Å². The highest BCUT2D eigenvalue weighted by atomic mass is 16.3. The zero-order chi connectivity index (χ0) is 26.4. The van der Waals surface area contributed by atoms with Crippen LogP contribution in [0.25, 0.3) is 93.5 Å². The van der Waals surface area contributed by atoms with E-state index >= 15 is 0 Å². The summed E-state index contributed by atoms with van der Waals surface area (Å²) < 4.78 is 20.6. The summed E-state index contributed by atoms with van der Waals surface area (Å²) in [4.78, 5) is 0. The molecule has 0 saturated heterocycles. The average Bonchev–Trinajstić information content (AvgIpc) is 3.54. The summed E-state index contributed by atoms with van der Waals surface area (Å²) in [6.45, 7) is 0. The van der Waals surface area contributed by atoms with Gasteiger partial charge >= 0.3 is 0 Å². The summed E-state index contributed by atoms with van der Waals surface area (Å²) in [7, 11) is 0. The standard InChI is InChI=1S/C36H19N3O2/c1-2-12-23-20(9-1)21-10-7-15-26-33(21)37(23)27-16-8-11-22-32-28(39(26)34(22)27)19-31-35-36(32)41-30-18-6-4-14-25(30)38(35)24-13-3-5-17-29(24)40-31/h1-19H. The van der Waals surface area contributed by atoms with E-state index in [1.54, 1.807) is 0 Å². The highest BCUT2D eigenvalue weighted by Gasteiger charge is 2.25. The van der Waals surface area contributed by atoms with Crippen molar-refractivity contribution in [3.63, 3.8) is 0 Å². The van der Waals surface area contributed by atoms with Gasteiger partial charge in [-0.05, 0) is 42.5 Å². The van der Waals surface area contributed by atoms with Gasteiger partial charge in [0, 0.05) is 22.2 Å². The van der Waals surface area contributed by atoms with E-state index < -0.39 is 0 Å². The Kier molecular flexibility index (Phi) is 3.32. The molecule has 5 aromatic heterocycles. The molecule has 190 valence electrons. The van der Waals surface area contributed by atoms with Crippen LogP contribution in [0.5, 0.6) is 0 Å².